The van der Waals surface area contributed by atoms with Crippen LogP contribution in [0.25, 0.3) is 11.4 Å². The quantitative estimate of drug-likeness (QED) is 0.726. The highest BCUT2D eigenvalue weighted by Crippen LogP contribution is 2.40. The molecule has 4 rings (SSSR count). The van der Waals surface area contributed by atoms with E-state index in [0.717, 1.165) is 11.1 Å². The maximum Gasteiger partial charge on any atom is 0.234 e. The lowest BCUT2D eigenvalue weighted by atomic mass is 10.0. The van der Waals surface area contributed by atoms with E-state index in [0.29, 0.717) is 35.2 Å². The Kier molecular flexibility index (Phi) is 3.72. The van der Waals surface area contributed by atoms with Crippen molar-refractivity contribution in [2.75, 3.05) is 14.2 Å². The van der Waals surface area contributed by atoms with Crippen molar-refractivity contribution < 1.29 is 18.8 Å². The van der Waals surface area contributed by atoms with Gasteiger partial charge in [-0.15, -0.1) is 0 Å². The average molecular weight is 336 g/mol. The summed E-state index contributed by atoms with van der Waals surface area (Å²) < 4.78 is 16.3. The summed E-state index contributed by atoms with van der Waals surface area (Å²) in [6, 6.07) is 13.0. The van der Waals surface area contributed by atoms with Gasteiger partial charge < -0.3 is 14.0 Å². The maximum absolute atomic E-state index is 12.2. The molecule has 126 valence electrons. The van der Waals surface area contributed by atoms with Gasteiger partial charge in [-0.1, -0.05) is 35.5 Å². The van der Waals surface area contributed by atoms with Crippen molar-refractivity contribution in [3.05, 3.63) is 59.5 Å². The van der Waals surface area contributed by atoms with Gasteiger partial charge in [0, 0.05) is 12.0 Å². The summed E-state index contributed by atoms with van der Waals surface area (Å²) in [5.74, 6) is 1.85. The number of ketones is 1. The molecule has 2 aromatic carbocycles. The lowest BCUT2D eigenvalue weighted by Crippen LogP contribution is -1.98. The first-order chi connectivity index (χ1) is 12.2. The van der Waals surface area contributed by atoms with Crippen molar-refractivity contribution in [2.24, 2.45) is 0 Å². The minimum Gasteiger partial charge on any atom is -0.496 e. The number of fused-ring (bicyclic) bond motifs is 1. The summed E-state index contributed by atoms with van der Waals surface area (Å²) in [4.78, 5) is 16.7. The molecule has 0 bridgehead atoms. The third kappa shape index (κ3) is 2.46. The van der Waals surface area contributed by atoms with E-state index in [1.54, 1.807) is 14.2 Å². The van der Waals surface area contributed by atoms with E-state index in [2.05, 4.69) is 10.1 Å². The molecule has 1 atom stereocenters. The van der Waals surface area contributed by atoms with E-state index in [1.165, 1.54) is 0 Å². The molecule has 1 aliphatic rings. The number of nitrogens with zero attached hydrogens (tertiary/aromatic N) is 2. The first kappa shape index (κ1) is 15.4. The van der Waals surface area contributed by atoms with Gasteiger partial charge in [-0.05, 0) is 17.7 Å². The number of hydrogen-bond acceptors (Lipinski definition) is 6. The molecule has 1 heterocycles. The van der Waals surface area contributed by atoms with Crippen molar-refractivity contribution in [1.29, 1.82) is 0 Å². The van der Waals surface area contributed by atoms with Gasteiger partial charge in [0.2, 0.25) is 11.7 Å². The second-order valence-corrected chi connectivity index (χ2v) is 5.76. The zero-order valence-electron chi connectivity index (χ0n) is 13.9. The Morgan fingerprint density at radius 3 is 2.48 bits per heavy atom. The standard InChI is InChI=1S/C19H16N2O4/c1-23-15-8-5-9-16(24-2)17(15)18-20-19(25-21-18)13-10-14(22)12-7-4-3-6-11(12)13/h3-9,13H,10H2,1-2H3. The number of rotatable bonds is 4. The Morgan fingerprint density at radius 1 is 1.04 bits per heavy atom. The fraction of sp³-hybridized carbons (Fsp3) is 0.211. The lowest BCUT2D eigenvalue weighted by Gasteiger charge is -2.09. The maximum atomic E-state index is 12.2. The van der Waals surface area contributed by atoms with Crippen molar-refractivity contribution >= 4 is 5.78 Å². The van der Waals surface area contributed by atoms with Crippen LogP contribution in [-0.4, -0.2) is 30.1 Å². The van der Waals surface area contributed by atoms with Gasteiger partial charge >= 0.3 is 0 Å². The van der Waals surface area contributed by atoms with Crippen LogP contribution in [0.2, 0.25) is 0 Å². The summed E-state index contributed by atoms with van der Waals surface area (Å²) in [7, 11) is 3.15. The first-order valence-corrected chi connectivity index (χ1v) is 7.90. The van der Waals surface area contributed by atoms with Crippen LogP contribution in [0.4, 0.5) is 0 Å². The van der Waals surface area contributed by atoms with Gasteiger partial charge in [0.15, 0.2) is 5.78 Å². The van der Waals surface area contributed by atoms with Crippen molar-refractivity contribution in [3.63, 3.8) is 0 Å². The Balaban J connectivity index is 1.77. The van der Waals surface area contributed by atoms with Crippen molar-refractivity contribution in [1.82, 2.24) is 10.1 Å². The minimum absolute atomic E-state index is 0.0928. The fourth-order valence-electron chi connectivity index (χ4n) is 3.23. The molecular weight excluding hydrogens is 320 g/mol. The molecule has 1 aliphatic carbocycles. The fourth-order valence-corrected chi connectivity index (χ4v) is 3.23. The zero-order valence-corrected chi connectivity index (χ0v) is 13.9. The second-order valence-electron chi connectivity index (χ2n) is 5.76. The number of carbonyl (C=O) groups excluding carboxylic acids is 1. The van der Waals surface area contributed by atoms with Crippen LogP contribution in [-0.2, 0) is 0 Å². The zero-order chi connectivity index (χ0) is 17.4. The topological polar surface area (TPSA) is 74.5 Å². The van der Waals surface area contributed by atoms with Gasteiger partial charge in [-0.2, -0.15) is 4.98 Å². The van der Waals surface area contributed by atoms with Crippen LogP contribution in [0, 0.1) is 0 Å². The molecule has 0 saturated heterocycles. The van der Waals surface area contributed by atoms with Gasteiger partial charge in [0.1, 0.15) is 17.1 Å². The van der Waals surface area contributed by atoms with Crippen LogP contribution in [0.1, 0.15) is 34.2 Å². The molecule has 6 heteroatoms. The summed E-state index contributed by atoms with van der Waals surface area (Å²) in [5, 5.41) is 4.09. The number of hydrogen-bond donors (Lipinski definition) is 0. The van der Waals surface area contributed by atoms with Crippen molar-refractivity contribution in [3.8, 4) is 22.9 Å². The number of methoxy groups -OCH3 is 2. The molecule has 0 aliphatic heterocycles. The molecule has 0 N–H and O–H groups in total. The largest absolute Gasteiger partial charge is 0.496 e. The van der Waals surface area contributed by atoms with E-state index in [9.17, 15) is 4.79 Å². The number of benzene rings is 2. The second kappa shape index (κ2) is 6.05. The van der Waals surface area contributed by atoms with E-state index >= 15 is 0 Å². The summed E-state index contributed by atoms with van der Waals surface area (Å²) in [5.41, 5.74) is 2.27. The van der Waals surface area contributed by atoms with E-state index in [4.69, 9.17) is 14.0 Å². The summed E-state index contributed by atoms with van der Waals surface area (Å²) in [6.45, 7) is 0. The molecule has 1 unspecified atom stereocenters. The van der Waals surface area contributed by atoms with Crippen LogP contribution < -0.4 is 9.47 Å². The Labute approximate surface area is 144 Å². The van der Waals surface area contributed by atoms with Gasteiger partial charge in [-0.25, -0.2) is 0 Å². The molecule has 1 aromatic heterocycles. The third-order valence-corrected chi connectivity index (χ3v) is 4.42. The molecule has 3 aromatic rings. The molecule has 0 radical (unpaired) electrons. The predicted octanol–water partition coefficient (Wildman–Crippen LogP) is 3.47. The minimum atomic E-state index is -0.217. The summed E-state index contributed by atoms with van der Waals surface area (Å²) in [6.07, 6.45) is 0.337. The van der Waals surface area contributed by atoms with Gasteiger partial charge in [0.25, 0.3) is 0 Å². The van der Waals surface area contributed by atoms with Crippen LogP contribution in [0.5, 0.6) is 11.5 Å². The van der Waals surface area contributed by atoms with Crippen molar-refractivity contribution in [2.45, 2.75) is 12.3 Å². The molecule has 0 saturated carbocycles. The number of Topliss-reactive ketones (excluding diaryl/α,β-unsaturated/α-hetero) is 1. The number of ether oxygens (including phenoxy) is 2. The smallest absolute Gasteiger partial charge is 0.234 e. The SMILES string of the molecule is COc1cccc(OC)c1-c1noc(C2CC(=O)c3ccccc32)n1. The van der Waals surface area contributed by atoms with E-state index < -0.39 is 0 Å². The van der Waals surface area contributed by atoms with E-state index in [1.807, 2.05) is 42.5 Å². The Hall–Kier alpha value is -3.15. The third-order valence-electron chi connectivity index (χ3n) is 4.42. The van der Waals surface area contributed by atoms with Crippen LogP contribution in [0.15, 0.2) is 47.0 Å². The number of aromatic nitrogens is 2. The molecular formula is C19H16N2O4. The van der Waals surface area contributed by atoms with Gasteiger partial charge in [0.05, 0.1) is 20.1 Å². The average Bonchev–Trinajstić information content (AvgIpc) is 3.26. The molecule has 0 spiro atoms. The number of carbonyl (C=O) groups is 1. The Bertz CT molecular complexity index is 926. The summed E-state index contributed by atoms with van der Waals surface area (Å²) >= 11 is 0. The van der Waals surface area contributed by atoms with E-state index in [-0.39, 0.29) is 11.7 Å². The van der Waals surface area contributed by atoms with Crippen LogP contribution in [0.3, 0.4) is 0 Å². The highest BCUT2D eigenvalue weighted by molar-refractivity contribution is 6.01. The van der Waals surface area contributed by atoms with Crippen LogP contribution >= 0.6 is 0 Å². The van der Waals surface area contributed by atoms with Gasteiger partial charge in [-0.3, -0.25) is 4.79 Å². The lowest BCUT2D eigenvalue weighted by molar-refractivity contribution is 0.0988. The molecule has 0 amide bonds. The Morgan fingerprint density at radius 2 is 1.76 bits per heavy atom. The molecule has 6 nitrogen and oxygen atoms in total. The predicted molar refractivity (Wildman–Crippen MR) is 90.1 cm³/mol. The first-order valence-electron chi connectivity index (χ1n) is 7.90. The molecule has 0 fully saturated rings. The molecule has 25 heavy (non-hydrogen) atoms. The highest BCUT2D eigenvalue weighted by Gasteiger charge is 2.34. The highest BCUT2D eigenvalue weighted by atomic mass is 16.5. The normalized spacial score (nSPS) is 15.9. The monoisotopic (exact) mass is 336 g/mol.